The minimum Gasteiger partial charge on any atom is -0.393 e. The second-order valence-electron chi connectivity index (χ2n) is 3.68. The molecule has 1 saturated carbocycles. The van der Waals surface area contributed by atoms with Crippen LogP contribution < -0.4 is 0 Å². The van der Waals surface area contributed by atoms with Crippen LogP contribution in [0.4, 0.5) is 0 Å². The van der Waals surface area contributed by atoms with Crippen LogP contribution in [0.3, 0.4) is 0 Å². The fourth-order valence-electron chi connectivity index (χ4n) is 1.90. The van der Waals surface area contributed by atoms with Crippen molar-refractivity contribution >= 4 is 11.3 Å². The Hall–Kier alpha value is -0.480. The highest BCUT2D eigenvalue weighted by atomic mass is 32.1. The standard InChI is InChI=1S/C9H14N2OS/c1-6-10-11-9(13-6)5-7-3-2-4-8(7)12/h7-8,12H,2-5H2,1H3/t7-,8+/m0/s1. The Balaban J connectivity index is 1.97. The van der Waals surface area contributed by atoms with Gasteiger partial charge in [-0.2, -0.15) is 0 Å². The second kappa shape index (κ2) is 3.72. The van der Waals surface area contributed by atoms with E-state index in [-0.39, 0.29) is 6.10 Å². The maximum Gasteiger partial charge on any atom is 0.117 e. The first-order valence-corrected chi connectivity index (χ1v) is 5.54. The molecule has 1 heterocycles. The van der Waals surface area contributed by atoms with E-state index in [1.165, 1.54) is 0 Å². The first kappa shape index (κ1) is 9.09. The van der Waals surface area contributed by atoms with E-state index in [0.29, 0.717) is 5.92 Å². The number of aliphatic hydroxyl groups is 1. The van der Waals surface area contributed by atoms with Crippen molar-refractivity contribution in [3.05, 3.63) is 10.0 Å². The van der Waals surface area contributed by atoms with Crippen molar-refractivity contribution in [2.75, 3.05) is 0 Å². The van der Waals surface area contributed by atoms with Gasteiger partial charge in [-0.25, -0.2) is 0 Å². The molecule has 1 N–H and O–H groups in total. The van der Waals surface area contributed by atoms with Crippen LogP contribution in [0.1, 0.15) is 29.3 Å². The van der Waals surface area contributed by atoms with Gasteiger partial charge in [0.15, 0.2) is 0 Å². The van der Waals surface area contributed by atoms with Crippen molar-refractivity contribution in [3.8, 4) is 0 Å². The molecule has 0 spiro atoms. The molecule has 1 aromatic heterocycles. The number of nitrogens with zero attached hydrogens (tertiary/aromatic N) is 2. The van der Waals surface area contributed by atoms with E-state index in [0.717, 1.165) is 35.7 Å². The first-order valence-electron chi connectivity index (χ1n) is 4.73. The van der Waals surface area contributed by atoms with Crippen molar-refractivity contribution < 1.29 is 5.11 Å². The molecule has 72 valence electrons. The Morgan fingerprint density at radius 2 is 2.31 bits per heavy atom. The summed E-state index contributed by atoms with van der Waals surface area (Å²) in [5.41, 5.74) is 0. The Morgan fingerprint density at radius 1 is 1.46 bits per heavy atom. The van der Waals surface area contributed by atoms with Gasteiger partial charge in [0.05, 0.1) is 6.10 Å². The first-order chi connectivity index (χ1) is 6.25. The van der Waals surface area contributed by atoms with Crippen molar-refractivity contribution in [2.45, 2.75) is 38.7 Å². The molecule has 4 heteroatoms. The summed E-state index contributed by atoms with van der Waals surface area (Å²) in [6.45, 7) is 1.96. The zero-order valence-corrected chi connectivity index (χ0v) is 8.55. The lowest BCUT2D eigenvalue weighted by molar-refractivity contribution is 0.132. The van der Waals surface area contributed by atoms with E-state index in [1.807, 2.05) is 6.92 Å². The van der Waals surface area contributed by atoms with Gasteiger partial charge in [-0.1, -0.05) is 6.42 Å². The number of aryl methyl sites for hydroxylation is 1. The van der Waals surface area contributed by atoms with Gasteiger partial charge in [0.25, 0.3) is 0 Å². The van der Waals surface area contributed by atoms with Gasteiger partial charge in [-0.05, 0) is 25.7 Å². The van der Waals surface area contributed by atoms with Crippen LogP contribution >= 0.6 is 11.3 Å². The molecule has 1 aliphatic carbocycles. The van der Waals surface area contributed by atoms with E-state index >= 15 is 0 Å². The third-order valence-corrected chi connectivity index (χ3v) is 3.48. The highest BCUT2D eigenvalue weighted by Gasteiger charge is 2.26. The molecule has 2 rings (SSSR count). The molecule has 13 heavy (non-hydrogen) atoms. The summed E-state index contributed by atoms with van der Waals surface area (Å²) in [6, 6.07) is 0. The Kier molecular flexibility index (Phi) is 2.60. The summed E-state index contributed by atoms with van der Waals surface area (Å²) in [6.07, 6.45) is 4.06. The summed E-state index contributed by atoms with van der Waals surface area (Å²) in [4.78, 5) is 0. The molecule has 0 radical (unpaired) electrons. The second-order valence-corrected chi connectivity index (χ2v) is 4.94. The number of aliphatic hydroxyl groups excluding tert-OH is 1. The summed E-state index contributed by atoms with van der Waals surface area (Å²) in [7, 11) is 0. The van der Waals surface area contributed by atoms with E-state index in [9.17, 15) is 5.11 Å². The van der Waals surface area contributed by atoms with Gasteiger partial charge in [0.2, 0.25) is 0 Å². The number of aromatic nitrogens is 2. The molecule has 0 aliphatic heterocycles. The van der Waals surface area contributed by atoms with Gasteiger partial charge in [-0.3, -0.25) is 0 Å². The van der Waals surface area contributed by atoms with Crippen LogP contribution in [0, 0.1) is 12.8 Å². The van der Waals surface area contributed by atoms with E-state index in [4.69, 9.17) is 0 Å². The molecule has 0 bridgehead atoms. The third kappa shape index (κ3) is 2.06. The van der Waals surface area contributed by atoms with Crippen LogP contribution in [0.15, 0.2) is 0 Å². The fraction of sp³-hybridized carbons (Fsp3) is 0.778. The lowest BCUT2D eigenvalue weighted by Crippen LogP contribution is -2.15. The van der Waals surface area contributed by atoms with Gasteiger partial charge < -0.3 is 5.11 Å². The van der Waals surface area contributed by atoms with Crippen LogP contribution in [0.2, 0.25) is 0 Å². The molecule has 0 saturated heterocycles. The molecule has 0 unspecified atom stereocenters. The Morgan fingerprint density at radius 3 is 2.85 bits per heavy atom. The highest BCUT2D eigenvalue weighted by molar-refractivity contribution is 7.11. The molecule has 2 atom stereocenters. The lowest BCUT2D eigenvalue weighted by Gasteiger charge is -2.11. The molecule has 3 nitrogen and oxygen atoms in total. The molecule has 0 amide bonds. The summed E-state index contributed by atoms with van der Waals surface area (Å²) < 4.78 is 0. The normalized spacial score (nSPS) is 28.2. The monoisotopic (exact) mass is 198 g/mol. The minimum atomic E-state index is -0.107. The van der Waals surface area contributed by atoms with Gasteiger partial charge in [0, 0.05) is 6.42 Å². The summed E-state index contributed by atoms with van der Waals surface area (Å²) in [5.74, 6) is 0.423. The molecule has 0 aromatic carbocycles. The van der Waals surface area contributed by atoms with Crippen molar-refractivity contribution in [1.29, 1.82) is 0 Å². The average molecular weight is 198 g/mol. The average Bonchev–Trinajstić information content (AvgIpc) is 2.64. The van der Waals surface area contributed by atoms with E-state index < -0.39 is 0 Å². The fourth-order valence-corrected chi connectivity index (χ4v) is 2.70. The van der Waals surface area contributed by atoms with E-state index in [2.05, 4.69) is 10.2 Å². The summed E-state index contributed by atoms with van der Waals surface area (Å²) >= 11 is 1.64. The zero-order chi connectivity index (χ0) is 9.26. The number of hydrogen-bond donors (Lipinski definition) is 1. The Bertz CT molecular complexity index is 287. The lowest BCUT2D eigenvalue weighted by atomic mass is 10.0. The predicted molar refractivity (Wildman–Crippen MR) is 51.7 cm³/mol. The maximum atomic E-state index is 9.61. The van der Waals surface area contributed by atoms with Crippen molar-refractivity contribution in [1.82, 2.24) is 10.2 Å². The number of rotatable bonds is 2. The van der Waals surface area contributed by atoms with E-state index in [1.54, 1.807) is 11.3 Å². The third-order valence-electron chi connectivity index (χ3n) is 2.62. The molecular weight excluding hydrogens is 184 g/mol. The van der Waals surface area contributed by atoms with Crippen molar-refractivity contribution in [2.24, 2.45) is 5.92 Å². The quantitative estimate of drug-likeness (QED) is 0.784. The SMILES string of the molecule is Cc1nnc(C[C@@H]2CCC[C@H]2O)s1. The van der Waals surface area contributed by atoms with Crippen LogP contribution in [-0.2, 0) is 6.42 Å². The van der Waals surface area contributed by atoms with Gasteiger partial charge in [-0.15, -0.1) is 21.5 Å². The van der Waals surface area contributed by atoms with Crippen LogP contribution in [0.25, 0.3) is 0 Å². The number of hydrogen-bond acceptors (Lipinski definition) is 4. The van der Waals surface area contributed by atoms with Crippen molar-refractivity contribution in [3.63, 3.8) is 0 Å². The predicted octanol–water partition coefficient (Wildman–Crippen LogP) is 1.55. The van der Waals surface area contributed by atoms with Crippen LogP contribution in [0.5, 0.6) is 0 Å². The smallest absolute Gasteiger partial charge is 0.117 e. The Labute approximate surface area is 81.8 Å². The molecule has 1 aliphatic rings. The van der Waals surface area contributed by atoms with Gasteiger partial charge >= 0.3 is 0 Å². The molecule has 1 fully saturated rings. The topological polar surface area (TPSA) is 46.0 Å². The molecule has 1 aromatic rings. The minimum absolute atomic E-state index is 0.107. The largest absolute Gasteiger partial charge is 0.393 e. The molecular formula is C9H14N2OS. The maximum absolute atomic E-state index is 9.61. The van der Waals surface area contributed by atoms with Crippen LogP contribution in [-0.4, -0.2) is 21.4 Å². The summed E-state index contributed by atoms with van der Waals surface area (Å²) in [5, 5.41) is 19.7. The zero-order valence-electron chi connectivity index (χ0n) is 7.73. The van der Waals surface area contributed by atoms with Gasteiger partial charge in [0.1, 0.15) is 10.0 Å². The highest BCUT2D eigenvalue weighted by Crippen LogP contribution is 2.29.